The predicted octanol–water partition coefficient (Wildman–Crippen LogP) is 4.81. The van der Waals surface area contributed by atoms with Crippen LogP contribution in [0.5, 0.6) is 5.88 Å². The number of ether oxygens (including phenoxy) is 1. The second kappa shape index (κ2) is 11.1. The molecule has 1 amide bonds. The van der Waals surface area contributed by atoms with Gasteiger partial charge in [-0.2, -0.15) is 13.1 Å². The molecule has 2 aliphatic heterocycles. The molecule has 4 fully saturated rings. The second-order valence-corrected chi connectivity index (χ2v) is 15.6. The summed E-state index contributed by atoms with van der Waals surface area (Å²) in [5, 5.41) is 0.696. The lowest BCUT2D eigenvalue weighted by Crippen LogP contribution is -2.53. The molecule has 47 heavy (non-hydrogen) atoms. The molecule has 0 aromatic carbocycles. The van der Waals surface area contributed by atoms with Gasteiger partial charge in [-0.05, 0) is 93.9 Å². The molecular formula is C33H39F2N7O4S. The molecule has 4 aromatic heterocycles. The molecule has 11 nitrogen and oxygen atoms in total. The molecule has 0 spiro atoms. The van der Waals surface area contributed by atoms with Gasteiger partial charge in [-0.3, -0.25) is 9.20 Å². The van der Waals surface area contributed by atoms with Gasteiger partial charge in [-0.15, -0.1) is 0 Å². The van der Waals surface area contributed by atoms with Gasteiger partial charge in [0.15, 0.2) is 5.88 Å². The van der Waals surface area contributed by atoms with Crippen molar-refractivity contribution in [3.05, 3.63) is 41.6 Å². The van der Waals surface area contributed by atoms with Crippen LogP contribution in [0.1, 0.15) is 67.4 Å². The van der Waals surface area contributed by atoms with Crippen molar-refractivity contribution in [2.24, 2.45) is 17.6 Å². The first-order valence-corrected chi connectivity index (χ1v) is 18.3. The summed E-state index contributed by atoms with van der Waals surface area (Å²) in [5.74, 6) is 1.01. The first-order chi connectivity index (χ1) is 22.5. The van der Waals surface area contributed by atoms with Crippen LogP contribution in [0.25, 0.3) is 28.1 Å². The number of piperidine rings is 1. The number of carbonyl (C=O) groups is 1. The summed E-state index contributed by atoms with van der Waals surface area (Å²) >= 11 is 0. The number of aromatic nitrogens is 4. The number of hydrogen-bond donors (Lipinski definition) is 1. The quantitative estimate of drug-likeness (QED) is 0.241. The molecule has 3 atom stereocenters. The van der Waals surface area contributed by atoms with Gasteiger partial charge in [-0.25, -0.2) is 18.4 Å². The zero-order valence-corrected chi connectivity index (χ0v) is 27.3. The van der Waals surface area contributed by atoms with Crippen LogP contribution in [-0.2, 0) is 23.0 Å². The zero-order valence-electron chi connectivity index (χ0n) is 26.5. The van der Waals surface area contributed by atoms with E-state index in [1.165, 1.54) is 6.07 Å². The number of nitrogens with zero attached hydrogens (tertiary/aromatic N) is 6. The van der Waals surface area contributed by atoms with E-state index in [1.807, 2.05) is 26.0 Å². The average Bonchev–Trinajstić information content (AvgIpc) is 3.93. The van der Waals surface area contributed by atoms with Crippen molar-refractivity contribution in [3.8, 4) is 17.3 Å². The summed E-state index contributed by atoms with van der Waals surface area (Å²) in [7, 11) is -2.68. The standard InChI is InChI=1S/C33H39F2N7O4S/c1-46-29-16-21(32(43)40-22-8-10-23(36)24(40)11-9-22)15-28-37-30(26(41(28)29)13-18-3-4-18)25-14-20-7-12-27(42(33(34)35)47(2,44)45)38-31(20)39(25)17-19-5-6-19/h7,12,14-16,18-19,22-24,33H,3-6,8-11,13,17,36H2,1-2H3/t22-,23-,24-/m1/s1. The summed E-state index contributed by atoms with van der Waals surface area (Å²) in [5.41, 5.74) is 10.4. The second-order valence-electron chi connectivity index (χ2n) is 13.8. The molecular weight excluding hydrogens is 628 g/mol. The highest BCUT2D eigenvalue weighted by Gasteiger charge is 2.44. The summed E-state index contributed by atoms with van der Waals surface area (Å²) in [4.78, 5) is 25.7. The van der Waals surface area contributed by atoms with Crippen molar-refractivity contribution in [1.82, 2.24) is 23.8 Å². The van der Waals surface area contributed by atoms with Crippen LogP contribution in [0.2, 0.25) is 0 Å². The van der Waals surface area contributed by atoms with E-state index in [2.05, 4.69) is 4.98 Å². The lowest BCUT2D eigenvalue weighted by atomic mass is 9.97. The Bertz CT molecular complexity index is 2000. The number of alkyl halides is 2. The molecule has 0 unspecified atom stereocenters. The van der Waals surface area contributed by atoms with Crippen molar-refractivity contribution in [1.29, 1.82) is 0 Å². The fourth-order valence-electron chi connectivity index (χ4n) is 7.71. The number of carbonyl (C=O) groups excluding carboxylic acids is 1. The number of rotatable bonds is 10. The van der Waals surface area contributed by atoms with Crippen LogP contribution in [0.15, 0.2) is 30.3 Å². The van der Waals surface area contributed by atoms with E-state index in [4.69, 9.17) is 15.5 Å². The predicted molar refractivity (Wildman–Crippen MR) is 173 cm³/mol. The monoisotopic (exact) mass is 667 g/mol. The van der Waals surface area contributed by atoms with Gasteiger partial charge in [0.1, 0.15) is 22.8 Å². The van der Waals surface area contributed by atoms with E-state index in [1.54, 1.807) is 19.2 Å². The van der Waals surface area contributed by atoms with Crippen LogP contribution < -0.4 is 14.8 Å². The smallest absolute Gasteiger partial charge is 0.329 e. The number of hydrogen-bond acceptors (Lipinski definition) is 7. The van der Waals surface area contributed by atoms with E-state index in [0.29, 0.717) is 52.2 Å². The summed E-state index contributed by atoms with van der Waals surface area (Å²) in [6.07, 6.45) is 9.49. The van der Waals surface area contributed by atoms with Crippen LogP contribution in [0, 0.1) is 11.8 Å². The Balaban J connectivity index is 1.29. The Hall–Kier alpha value is -3.78. The Kier molecular flexibility index (Phi) is 7.25. The van der Waals surface area contributed by atoms with Crippen LogP contribution in [-0.4, -0.2) is 76.2 Å². The van der Waals surface area contributed by atoms with Crippen molar-refractivity contribution in [3.63, 3.8) is 0 Å². The molecule has 2 N–H and O–H groups in total. The van der Waals surface area contributed by atoms with Gasteiger partial charge in [-0.1, -0.05) is 0 Å². The molecule has 0 radical (unpaired) electrons. The number of imidazole rings is 1. The van der Waals surface area contributed by atoms with E-state index in [-0.39, 0.29) is 34.2 Å². The van der Waals surface area contributed by atoms with Crippen molar-refractivity contribution >= 4 is 38.4 Å². The van der Waals surface area contributed by atoms with Crippen LogP contribution in [0.4, 0.5) is 14.6 Å². The molecule has 4 aromatic rings. The molecule has 2 bridgehead atoms. The Labute approximate surface area is 271 Å². The fraction of sp³-hybridized carbons (Fsp3) is 0.545. The van der Waals surface area contributed by atoms with Crippen molar-refractivity contribution < 1.29 is 26.7 Å². The number of nitrogens with two attached hydrogens (primary N) is 1. The van der Waals surface area contributed by atoms with Gasteiger partial charge in [0.2, 0.25) is 10.0 Å². The number of methoxy groups -OCH3 is 1. The highest BCUT2D eigenvalue weighted by molar-refractivity contribution is 7.92. The van der Waals surface area contributed by atoms with E-state index in [9.17, 15) is 22.0 Å². The number of halogens is 2. The SMILES string of the molecule is COc1cc(C(=O)N2[C@@H]3CC[C@@H](N)[C@H]2CC3)cc2nc(-c3cc4ccc(N(C(F)F)S(C)(=O)=O)nc4n3CC3CC3)c(CC3CC3)n12. The van der Waals surface area contributed by atoms with Gasteiger partial charge in [0.25, 0.3) is 5.91 Å². The van der Waals surface area contributed by atoms with E-state index in [0.717, 1.165) is 75.4 Å². The Morgan fingerprint density at radius 3 is 2.47 bits per heavy atom. The topological polar surface area (TPSA) is 128 Å². The van der Waals surface area contributed by atoms with Crippen LogP contribution >= 0.6 is 0 Å². The number of amides is 1. The number of sulfonamides is 1. The average molecular weight is 668 g/mol. The summed E-state index contributed by atoms with van der Waals surface area (Å²) < 4.78 is 62.5. The van der Waals surface area contributed by atoms with Crippen molar-refractivity contribution in [2.45, 2.75) is 89.0 Å². The van der Waals surface area contributed by atoms with Gasteiger partial charge in [0, 0.05) is 41.7 Å². The lowest BCUT2D eigenvalue weighted by Gasteiger charge is -2.38. The van der Waals surface area contributed by atoms with E-state index >= 15 is 0 Å². The minimum absolute atomic E-state index is 0.0285. The number of pyridine rings is 2. The number of anilines is 1. The third-order valence-corrected chi connectivity index (χ3v) is 11.5. The first-order valence-electron chi connectivity index (χ1n) is 16.5. The number of fused-ring (bicyclic) bond motifs is 4. The highest BCUT2D eigenvalue weighted by atomic mass is 32.2. The summed E-state index contributed by atoms with van der Waals surface area (Å²) in [6, 6.07) is 8.73. The fourth-order valence-corrected chi connectivity index (χ4v) is 8.44. The maximum Gasteiger partial charge on any atom is 0.329 e. The highest BCUT2D eigenvalue weighted by Crippen LogP contribution is 2.42. The minimum Gasteiger partial charge on any atom is -0.482 e. The Morgan fingerprint density at radius 1 is 1.04 bits per heavy atom. The van der Waals surface area contributed by atoms with Crippen LogP contribution in [0.3, 0.4) is 0 Å². The maximum atomic E-state index is 14.0. The lowest BCUT2D eigenvalue weighted by molar-refractivity contribution is 0.0562. The molecule has 6 heterocycles. The largest absolute Gasteiger partial charge is 0.482 e. The van der Waals surface area contributed by atoms with Gasteiger partial charge >= 0.3 is 6.55 Å². The third kappa shape index (κ3) is 5.33. The molecule has 14 heteroatoms. The molecule has 2 saturated carbocycles. The maximum absolute atomic E-state index is 14.0. The normalized spacial score (nSPS) is 22.9. The third-order valence-electron chi connectivity index (χ3n) is 10.4. The van der Waals surface area contributed by atoms with E-state index < -0.39 is 16.6 Å². The first kappa shape index (κ1) is 30.5. The zero-order chi connectivity index (χ0) is 32.8. The molecule has 250 valence electrons. The molecule has 4 aliphatic rings. The minimum atomic E-state index is -4.27. The molecule has 2 saturated heterocycles. The van der Waals surface area contributed by atoms with Gasteiger partial charge < -0.3 is 19.9 Å². The van der Waals surface area contributed by atoms with Crippen molar-refractivity contribution in [2.75, 3.05) is 17.7 Å². The summed E-state index contributed by atoms with van der Waals surface area (Å²) in [6.45, 7) is -2.68. The van der Waals surface area contributed by atoms with Gasteiger partial charge in [0.05, 0.1) is 24.8 Å². The Morgan fingerprint density at radius 2 is 1.79 bits per heavy atom. The molecule has 8 rings (SSSR count). The molecule has 2 aliphatic carbocycles.